The van der Waals surface area contributed by atoms with Gasteiger partial charge in [0.25, 0.3) is 5.91 Å². The van der Waals surface area contributed by atoms with Gasteiger partial charge in [0.1, 0.15) is 0 Å². The van der Waals surface area contributed by atoms with Crippen molar-refractivity contribution in [3.05, 3.63) is 24.4 Å². The molecule has 0 aliphatic heterocycles. The summed E-state index contributed by atoms with van der Waals surface area (Å²) in [4.78, 5) is 30.9. The molecule has 0 saturated heterocycles. The van der Waals surface area contributed by atoms with Crippen LogP contribution in [0.3, 0.4) is 0 Å². The average molecular weight is 267 g/mol. The molecular formula is C12H17N3O4. The third-order valence-corrected chi connectivity index (χ3v) is 2.34. The minimum absolute atomic E-state index is 0.239. The molecule has 19 heavy (non-hydrogen) atoms. The lowest BCUT2D eigenvalue weighted by Crippen LogP contribution is -2.27. The predicted molar refractivity (Wildman–Crippen MR) is 66.0 cm³/mol. The van der Waals surface area contributed by atoms with Gasteiger partial charge in [-0.1, -0.05) is 12.5 Å². The van der Waals surface area contributed by atoms with Crippen LogP contribution in [0.2, 0.25) is 0 Å². The molecule has 2 amide bonds. The van der Waals surface area contributed by atoms with Gasteiger partial charge in [0.2, 0.25) is 11.8 Å². The number of amides is 2. The summed E-state index contributed by atoms with van der Waals surface area (Å²) in [7, 11) is 0. The molecule has 0 fully saturated rings. The summed E-state index contributed by atoms with van der Waals surface area (Å²) >= 11 is 0. The minimum Gasteiger partial charge on any atom is -0.359 e. The lowest BCUT2D eigenvalue weighted by Gasteiger charge is -2.05. The SMILES string of the molecule is O=C(CCCCCC(=O)NOc1ccccn1)NO. The second-order valence-electron chi connectivity index (χ2n) is 3.89. The van der Waals surface area contributed by atoms with Crippen LogP contribution in [0.4, 0.5) is 0 Å². The van der Waals surface area contributed by atoms with Crippen LogP contribution in [0.25, 0.3) is 0 Å². The van der Waals surface area contributed by atoms with Gasteiger partial charge in [-0.25, -0.2) is 10.5 Å². The summed E-state index contributed by atoms with van der Waals surface area (Å²) in [5.41, 5.74) is 3.85. The van der Waals surface area contributed by atoms with Crippen LogP contribution < -0.4 is 15.8 Å². The Balaban J connectivity index is 2.04. The molecule has 1 rings (SSSR count). The van der Waals surface area contributed by atoms with Gasteiger partial charge >= 0.3 is 0 Å². The maximum Gasteiger partial charge on any atom is 0.252 e. The van der Waals surface area contributed by atoms with Gasteiger partial charge in [-0.05, 0) is 18.9 Å². The molecule has 104 valence electrons. The fourth-order valence-electron chi connectivity index (χ4n) is 1.37. The van der Waals surface area contributed by atoms with Gasteiger partial charge in [-0.3, -0.25) is 14.8 Å². The molecule has 7 nitrogen and oxygen atoms in total. The predicted octanol–water partition coefficient (Wildman–Crippen LogP) is 0.947. The summed E-state index contributed by atoms with van der Waals surface area (Å²) in [5.74, 6) is -0.323. The van der Waals surface area contributed by atoms with E-state index in [2.05, 4.69) is 10.5 Å². The number of nitrogens with one attached hydrogen (secondary N) is 2. The molecular weight excluding hydrogens is 250 g/mol. The Labute approximate surface area is 110 Å². The molecule has 0 radical (unpaired) electrons. The number of aromatic nitrogens is 1. The Morgan fingerprint density at radius 2 is 1.89 bits per heavy atom. The zero-order valence-electron chi connectivity index (χ0n) is 10.5. The van der Waals surface area contributed by atoms with Crippen LogP contribution in [-0.4, -0.2) is 22.0 Å². The van der Waals surface area contributed by atoms with Gasteiger partial charge in [-0.15, -0.1) is 0 Å². The van der Waals surface area contributed by atoms with Crippen LogP contribution in [0.5, 0.6) is 5.88 Å². The number of carbonyl (C=O) groups excluding carboxylic acids is 2. The Kier molecular flexibility index (Phi) is 6.96. The van der Waals surface area contributed by atoms with Crippen molar-refractivity contribution in [2.45, 2.75) is 32.1 Å². The molecule has 0 aliphatic carbocycles. The van der Waals surface area contributed by atoms with Crippen molar-refractivity contribution in [1.82, 2.24) is 15.9 Å². The van der Waals surface area contributed by atoms with E-state index in [1.807, 2.05) is 0 Å². The smallest absolute Gasteiger partial charge is 0.252 e. The largest absolute Gasteiger partial charge is 0.359 e. The lowest BCUT2D eigenvalue weighted by molar-refractivity contribution is -0.129. The highest BCUT2D eigenvalue weighted by atomic mass is 16.7. The molecule has 0 atom stereocenters. The van der Waals surface area contributed by atoms with Gasteiger partial charge in [0.15, 0.2) is 0 Å². The van der Waals surface area contributed by atoms with Crippen molar-refractivity contribution in [3.63, 3.8) is 0 Å². The summed E-state index contributed by atoms with van der Waals surface area (Å²) in [6.45, 7) is 0. The first-order valence-electron chi connectivity index (χ1n) is 6.02. The van der Waals surface area contributed by atoms with Gasteiger partial charge in [-0.2, -0.15) is 5.48 Å². The van der Waals surface area contributed by atoms with E-state index in [0.717, 1.165) is 6.42 Å². The molecule has 0 bridgehead atoms. The lowest BCUT2D eigenvalue weighted by atomic mass is 10.1. The fourth-order valence-corrected chi connectivity index (χ4v) is 1.37. The summed E-state index contributed by atoms with van der Waals surface area (Å²) in [6, 6.07) is 5.13. The highest BCUT2D eigenvalue weighted by Crippen LogP contribution is 2.04. The molecule has 0 aliphatic rings. The van der Waals surface area contributed by atoms with Crippen LogP contribution in [-0.2, 0) is 9.59 Å². The van der Waals surface area contributed by atoms with E-state index in [1.165, 1.54) is 0 Å². The number of rotatable bonds is 8. The third kappa shape index (κ3) is 6.99. The molecule has 3 N–H and O–H groups in total. The van der Waals surface area contributed by atoms with Gasteiger partial charge in [0.05, 0.1) is 0 Å². The minimum atomic E-state index is -0.414. The van der Waals surface area contributed by atoms with Crippen LogP contribution >= 0.6 is 0 Å². The van der Waals surface area contributed by atoms with E-state index >= 15 is 0 Å². The van der Waals surface area contributed by atoms with E-state index in [-0.39, 0.29) is 12.3 Å². The number of hydrogen-bond acceptors (Lipinski definition) is 5. The standard InChI is InChI=1S/C12H17N3O4/c16-10(14-18)6-2-1-3-7-11(17)15-19-12-8-4-5-9-13-12/h4-5,8-9,18H,1-3,6-7H2,(H,14,16)(H,15,17). The highest BCUT2D eigenvalue weighted by Gasteiger charge is 2.03. The second kappa shape index (κ2) is 8.87. The van der Waals surface area contributed by atoms with E-state index in [4.69, 9.17) is 10.0 Å². The Morgan fingerprint density at radius 1 is 1.16 bits per heavy atom. The zero-order valence-corrected chi connectivity index (χ0v) is 10.5. The molecule has 0 saturated carbocycles. The van der Waals surface area contributed by atoms with Crippen LogP contribution in [0, 0.1) is 0 Å². The van der Waals surface area contributed by atoms with E-state index in [0.29, 0.717) is 25.1 Å². The number of pyridine rings is 1. The van der Waals surface area contributed by atoms with Crippen molar-refractivity contribution in [1.29, 1.82) is 0 Å². The first-order valence-corrected chi connectivity index (χ1v) is 6.02. The fraction of sp³-hybridized carbons (Fsp3) is 0.417. The van der Waals surface area contributed by atoms with E-state index in [1.54, 1.807) is 29.9 Å². The van der Waals surface area contributed by atoms with Crippen LogP contribution in [0.15, 0.2) is 24.4 Å². The Bertz CT molecular complexity index is 397. The first-order chi connectivity index (χ1) is 9.22. The maximum atomic E-state index is 11.4. The number of hydroxylamine groups is 2. The van der Waals surface area contributed by atoms with Crippen molar-refractivity contribution in [2.75, 3.05) is 0 Å². The highest BCUT2D eigenvalue weighted by molar-refractivity contribution is 5.75. The van der Waals surface area contributed by atoms with Crippen molar-refractivity contribution in [2.24, 2.45) is 0 Å². The topological polar surface area (TPSA) is 101 Å². The zero-order chi connectivity index (χ0) is 13.9. The normalized spacial score (nSPS) is 9.74. The quantitative estimate of drug-likeness (QED) is 0.370. The summed E-state index contributed by atoms with van der Waals surface area (Å²) in [5, 5.41) is 8.27. The average Bonchev–Trinajstić information content (AvgIpc) is 2.45. The number of hydrogen-bond donors (Lipinski definition) is 3. The van der Waals surface area contributed by atoms with Gasteiger partial charge in [0, 0.05) is 25.1 Å². The van der Waals surface area contributed by atoms with Crippen molar-refractivity contribution >= 4 is 11.8 Å². The summed E-state index contributed by atoms with van der Waals surface area (Å²) in [6.07, 6.45) is 4.13. The van der Waals surface area contributed by atoms with Gasteiger partial charge < -0.3 is 4.84 Å². The molecule has 0 spiro atoms. The molecule has 1 aromatic rings. The van der Waals surface area contributed by atoms with E-state index in [9.17, 15) is 9.59 Å². The van der Waals surface area contributed by atoms with Crippen molar-refractivity contribution < 1.29 is 19.6 Å². The number of nitrogens with zero attached hydrogens (tertiary/aromatic N) is 1. The third-order valence-electron chi connectivity index (χ3n) is 2.34. The van der Waals surface area contributed by atoms with Crippen LogP contribution in [0.1, 0.15) is 32.1 Å². The Hall–Kier alpha value is -2.15. The molecule has 1 aromatic heterocycles. The maximum absolute atomic E-state index is 11.4. The number of unbranched alkanes of at least 4 members (excludes halogenated alkanes) is 2. The molecule has 0 aromatic carbocycles. The summed E-state index contributed by atoms with van der Waals surface area (Å²) < 4.78 is 0. The first kappa shape index (κ1) is 14.9. The van der Waals surface area contributed by atoms with Crippen molar-refractivity contribution in [3.8, 4) is 5.88 Å². The molecule has 0 unspecified atom stereocenters. The monoisotopic (exact) mass is 267 g/mol. The molecule has 1 heterocycles. The van der Waals surface area contributed by atoms with E-state index < -0.39 is 5.91 Å². The second-order valence-corrected chi connectivity index (χ2v) is 3.89. The molecule has 7 heteroatoms. The number of carbonyl (C=O) groups is 2. The Morgan fingerprint density at radius 3 is 2.53 bits per heavy atom.